The number of nitrogens with zero attached hydrogens (tertiary/aromatic N) is 1. The van der Waals surface area contributed by atoms with E-state index < -0.39 is 0 Å². The van der Waals surface area contributed by atoms with Crippen molar-refractivity contribution in [3.05, 3.63) is 59.2 Å². The maximum absolute atomic E-state index is 6.05. The second-order valence-electron chi connectivity index (χ2n) is 4.61. The molecule has 1 nitrogen and oxygen atoms in total. The average Bonchev–Trinajstić information content (AvgIpc) is 2.38. The first kappa shape index (κ1) is 13.0. The Morgan fingerprint density at radius 1 is 1.00 bits per heavy atom. The molecule has 0 saturated carbocycles. The Hall–Kier alpha value is -1.47. The van der Waals surface area contributed by atoms with Crippen molar-refractivity contribution in [2.24, 2.45) is 0 Å². The summed E-state index contributed by atoms with van der Waals surface area (Å²) in [6, 6.07) is 14.8. The van der Waals surface area contributed by atoms with Crippen LogP contribution in [0.15, 0.2) is 42.5 Å². The Morgan fingerprint density at radius 3 is 2.39 bits per heavy atom. The Balaban J connectivity index is 2.46. The SMILES string of the molecule is Cc1ccc(N(C)c2ccccc2C)c(CCl)c1. The van der Waals surface area contributed by atoms with E-state index in [9.17, 15) is 0 Å². The molecule has 2 aromatic rings. The molecule has 18 heavy (non-hydrogen) atoms. The molecule has 94 valence electrons. The Kier molecular flexibility index (Phi) is 3.93. The summed E-state index contributed by atoms with van der Waals surface area (Å²) >= 11 is 6.05. The van der Waals surface area contributed by atoms with Gasteiger partial charge in [-0.1, -0.05) is 35.9 Å². The van der Waals surface area contributed by atoms with Gasteiger partial charge in [0.15, 0.2) is 0 Å². The Bertz CT molecular complexity index is 549. The van der Waals surface area contributed by atoms with E-state index in [1.54, 1.807) is 0 Å². The predicted octanol–water partition coefficient (Wildman–Crippen LogP) is 4.81. The van der Waals surface area contributed by atoms with Crippen molar-refractivity contribution in [2.75, 3.05) is 11.9 Å². The lowest BCUT2D eigenvalue weighted by atomic mass is 10.1. The van der Waals surface area contributed by atoms with Gasteiger partial charge in [0, 0.05) is 24.3 Å². The van der Waals surface area contributed by atoms with Crippen LogP contribution in [0.5, 0.6) is 0 Å². The van der Waals surface area contributed by atoms with E-state index in [1.807, 2.05) is 0 Å². The molecule has 0 amide bonds. The quantitative estimate of drug-likeness (QED) is 0.715. The zero-order valence-electron chi connectivity index (χ0n) is 11.1. The van der Waals surface area contributed by atoms with Gasteiger partial charge in [0.25, 0.3) is 0 Å². The third-order valence-electron chi connectivity index (χ3n) is 3.22. The predicted molar refractivity (Wildman–Crippen MR) is 80.0 cm³/mol. The van der Waals surface area contributed by atoms with Crippen molar-refractivity contribution in [2.45, 2.75) is 19.7 Å². The van der Waals surface area contributed by atoms with Gasteiger partial charge in [-0.25, -0.2) is 0 Å². The molecule has 0 heterocycles. The molecule has 0 bridgehead atoms. The standard InChI is InChI=1S/C16H18ClN/c1-12-8-9-16(14(10-12)11-17)18(3)15-7-5-4-6-13(15)2/h4-10H,11H2,1-3H3. The van der Waals surface area contributed by atoms with Crippen LogP contribution in [0.3, 0.4) is 0 Å². The van der Waals surface area contributed by atoms with Crippen LogP contribution in [0.2, 0.25) is 0 Å². The number of para-hydroxylation sites is 1. The summed E-state index contributed by atoms with van der Waals surface area (Å²) in [5.41, 5.74) is 6.06. The largest absolute Gasteiger partial charge is 0.344 e. The van der Waals surface area contributed by atoms with E-state index in [-0.39, 0.29) is 0 Å². The molecule has 0 aromatic heterocycles. The second-order valence-corrected chi connectivity index (χ2v) is 4.88. The molecule has 0 radical (unpaired) electrons. The second kappa shape index (κ2) is 5.45. The maximum Gasteiger partial charge on any atom is 0.0494 e. The lowest BCUT2D eigenvalue weighted by molar-refractivity contribution is 1.15. The van der Waals surface area contributed by atoms with Crippen molar-refractivity contribution in [1.29, 1.82) is 0 Å². The number of benzene rings is 2. The van der Waals surface area contributed by atoms with Crippen LogP contribution in [0.1, 0.15) is 16.7 Å². The molecule has 0 aliphatic rings. The fourth-order valence-electron chi connectivity index (χ4n) is 2.22. The zero-order valence-corrected chi connectivity index (χ0v) is 11.8. The number of hydrogen-bond acceptors (Lipinski definition) is 1. The van der Waals surface area contributed by atoms with Crippen molar-refractivity contribution >= 4 is 23.0 Å². The molecule has 0 aliphatic carbocycles. The first-order valence-electron chi connectivity index (χ1n) is 6.08. The van der Waals surface area contributed by atoms with E-state index in [0.717, 1.165) is 0 Å². The number of hydrogen-bond donors (Lipinski definition) is 0. The molecule has 0 atom stereocenters. The minimum Gasteiger partial charge on any atom is -0.344 e. The molecule has 2 rings (SSSR count). The summed E-state index contributed by atoms with van der Waals surface area (Å²) in [7, 11) is 2.09. The van der Waals surface area contributed by atoms with Gasteiger partial charge in [-0.3, -0.25) is 0 Å². The molecule has 0 spiro atoms. The Morgan fingerprint density at radius 2 is 1.72 bits per heavy atom. The fourth-order valence-corrected chi connectivity index (χ4v) is 2.43. The molecule has 2 heteroatoms. The lowest BCUT2D eigenvalue weighted by Crippen LogP contribution is -2.12. The molecular formula is C16H18ClN. The molecular weight excluding hydrogens is 242 g/mol. The highest BCUT2D eigenvalue weighted by Crippen LogP contribution is 2.30. The minimum atomic E-state index is 0.535. The third kappa shape index (κ3) is 2.51. The number of rotatable bonds is 3. The van der Waals surface area contributed by atoms with Crippen LogP contribution in [0.25, 0.3) is 0 Å². The highest BCUT2D eigenvalue weighted by atomic mass is 35.5. The number of aryl methyl sites for hydroxylation is 2. The molecule has 0 saturated heterocycles. The minimum absolute atomic E-state index is 0.535. The van der Waals surface area contributed by atoms with Gasteiger partial charge in [0.05, 0.1) is 0 Å². The van der Waals surface area contributed by atoms with Gasteiger partial charge in [-0.2, -0.15) is 0 Å². The highest BCUT2D eigenvalue weighted by Gasteiger charge is 2.10. The highest BCUT2D eigenvalue weighted by molar-refractivity contribution is 6.17. The first-order chi connectivity index (χ1) is 8.63. The summed E-state index contributed by atoms with van der Waals surface area (Å²) < 4.78 is 0. The summed E-state index contributed by atoms with van der Waals surface area (Å²) in [6.45, 7) is 4.22. The van der Waals surface area contributed by atoms with Crippen molar-refractivity contribution in [3.63, 3.8) is 0 Å². The summed E-state index contributed by atoms with van der Waals surface area (Å²) in [5, 5.41) is 0. The maximum atomic E-state index is 6.05. The molecule has 2 aromatic carbocycles. The number of anilines is 2. The van der Waals surface area contributed by atoms with Crippen LogP contribution < -0.4 is 4.90 Å². The molecule has 0 N–H and O–H groups in total. The van der Waals surface area contributed by atoms with E-state index in [2.05, 4.69) is 68.3 Å². The smallest absolute Gasteiger partial charge is 0.0494 e. The molecule has 0 unspecified atom stereocenters. The molecule has 0 fully saturated rings. The van der Waals surface area contributed by atoms with Crippen LogP contribution in [0, 0.1) is 13.8 Å². The van der Waals surface area contributed by atoms with Crippen LogP contribution in [-0.2, 0) is 5.88 Å². The summed E-state index contributed by atoms with van der Waals surface area (Å²) in [6.07, 6.45) is 0. The lowest BCUT2D eigenvalue weighted by Gasteiger charge is -2.24. The first-order valence-corrected chi connectivity index (χ1v) is 6.62. The van der Waals surface area contributed by atoms with E-state index >= 15 is 0 Å². The Labute approximate surface area is 114 Å². The van der Waals surface area contributed by atoms with Gasteiger partial charge in [0.1, 0.15) is 0 Å². The van der Waals surface area contributed by atoms with Crippen LogP contribution in [0.4, 0.5) is 11.4 Å². The summed E-state index contributed by atoms with van der Waals surface area (Å²) in [4.78, 5) is 2.20. The fraction of sp³-hybridized carbons (Fsp3) is 0.250. The van der Waals surface area contributed by atoms with Gasteiger partial charge >= 0.3 is 0 Å². The van der Waals surface area contributed by atoms with E-state index in [4.69, 9.17) is 11.6 Å². The summed E-state index contributed by atoms with van der Waals surface area (Å²) in [5.74, 6) is 0.535. The molecule has 0 aliphatic heterocycles. The van der Waals surface area contributed by atoms with Crippen molar-refractivity contribution in [1.82, 2.24) is 0 Å². The van der Waals surface area contributed by atoms with Crippen LogP contribution in [-0.4, -0.2) is 7.05 Å². The van der Waals surface area contributed by atoms with Crippen molar-refractivity contribution < 1.29 is 0 Å². The third-order valence-corrected chi connectivity index (χ3v) is 3.51. The van der Waals surface area contributed by atoms with Gasteiger partial charge < -0.3 is 4.90 Å². The topological polar surface area (TPSA) is 3.24 Å². The normalized spacial score (nSPS) is 10.4. The monoisotopic (exact) mass is 259 g/mol. The van der Waals surface area contributed by atoms with E-state index in [1.165, 1.54) is 28.1 Å². The number of halogens is 1. The van der Waals surface area contributed by atoms with Gasteiger partial charge in [0.2, 0.25) is 0 Å². The average molecular weight is 260 g/mol. The van der Waals surface area contributed by atoms with E-state index in [0.29, 0.717) is 5.88 Å². The van der Waals surface area contributed by atoms with Gasteiger partial charge in [-0.05, 0) is 37.1 Å². The van der Waals surface area contributed by atoms with Gasteiger partial charge in [-0.15, -0.1) is 11.6 Å². The van der Waals surface area contributed by atoms with Crippen LogP contribution >= 0.6 is 11.6 Å². The zero-order chi connectivity index (χ0) is 13.1. The number of alkyl halides is 1. The van der Waals surface area contributed by atoms with Crippen molar-refractivity contribution in [3.8, 4) is 0 Å².